The third kappa shape index (κ3) is 3.72. The molecule has 2 heterocycles. The van der Waals surface area contributed by atoms with Crippen molar-refractivity contribution in [1.82, 2.24) is 9.55 Å². The van der Waals surface area contributed by atoms with Crippen LogP contribution in [0.3, 0.4) is 0 Å². The van der Waals surface area contributed by atoms with Crippen LogP contribution in [0.1, 0.15) is 28.5 Å². The van der Waals surface area contributed by atoms with Crippen molar-refractivity contribution in [3.05, 3.63) is 81.8 Å². The van der Waals surface area contributed by atoms with E-state index < -0.39 is 5.97 Å². The van der Waals surface area contributed by atoms with Gasteiger partial charge < -0.3 is 9.30 Å². The van der Waals surface area contributed by atoms with E-state index in [-0.39, 0.29) is 17.6 Å². The maximum Gasteiger partial charge on any atom is 0.343 e. The first-order valence-electron chi connectivity index (χ1n) is 8.49. The van der Waals surface area contributed by atoms with E-state index in [1.807, 2.05) is 49.4 Å². The van der Waals surface area contributed by atoms with Crippen LogP contribution in [-0.4, -0.2) is 22.1 Å². The molecule has 0 aliphatic carbocycles. The Balaban J connectivity index is 2.05. The number of carbonyl (C=O) groups is 1. The van der Waals surface area contributed by atoms with E-state index in [0.29, 0.717) is 17.6 Å². The predicted octanol–water partition coefficient (Wildman–Crippen LogP) is 3.60. The topological polar surface area (TPSA) is 61.2 Å². The molecule has 1 aromatic carbocycles. The third-order valence-electron chi connectivity index (χ3n) is 3.97. The molecule has 0 amide bonds. The fraction of sp³-hybridized carbons (Fsp3) is 0.190. The molecule has 3 rings (SSSR count). The van der Waals surface area contributed by atoms with Gasteiger partial charge in [-0.2, -0.15) is 0 Å². The first-order chi connectivity index (χ1) is 12.6. The maximum atomic E-state index is 12.6. The van der Waals surface area contributed by atoms with Gasteiger partial charge in [-0.1, -0.05) is 42.5 Å². The molecule has 0 N–H and O–H groups in total. The predicted molar refractivity (Wildman–Crippen MR) is 102 cm³/mol. The van der Waals surface area contributed by atoms with Crippen molar-refractivity contribution in [2.45, 2.75) is 20.4 Å². The van der Waals surface area contributed by atoms with Gasteiger partial charge in [0.25, 0.3) is 0 Å². The van der Waals surface area contributed by atoms with Gasteiger partial charge in [0.15, 0.2) is 0 Å². The summed E-state index contributed by atoms with van der Waals surface area (Å²) < 4.78 is 6.82. The lowest BCUT2D eigenvalue weighted by Crippen LogP contribution is -2.21. The number of fused-ring (bicyclic) bond motifs is 1. The first-order valence-corrected chi connectivity index (χ1v) is 8.49. The Labute approximate surface area is 151 Å². The Bertz CT molecular complexity index is 1020. The van der Waals surface area contributed by atoms with E-state index in [9.17, 15) is 9.59 Å². The van der Waals surface area contributed by atoms with Crippen LogP contribution >= 0.6 is 0 Å². The minimum atomic E-state index is -0.610. The summed E-state index contributed by atoms with van der Waals surface area (Å²) in [6, 6.07) is 13.4. The van der Waals surface area contributed by atoms with Crippen molar-refractivity contribution in [2.24, 2.45) is 0 Å². The molecular formula is C21H20N2O3. The summed E-state index contributed by atoms with van der Waals surface area (Å²) in [7, 11) is 0. The number of ether oxygens (including phenoxy) is 1. The summed E-state index contributed by atoms with van der Waals surface area (Å²) in [6.07, 6.45) is 5.49. The normalized spacial score (nSPS) is 11.2. The molecule has 0 saturated heterocycles. The minimum absolute atomic E-state index is 0.0260. The molecule has 0 aliphatic rings. The average Bonchev–Trinajstić information content (AvgIpc) is 2.64. The zero-order valence-electron chi connectivity index (χ0n) is 14.8. The van der Waals surface area contributed by atoms with Gasteiger partial charge in [0.05, 0.1) is 12.0 Å². The van der Waals surface area contributed by atoms with Crippen LogP contribution in [0.4, 0.5) is 0 Å². The molecule has 0 bridgehead atoms. The summed E-state index contributed by atoms with van der Waals surface area (Å²) in [6.45, 7) is 4.28. The largest absolute Gasteiger partial charge is 0.462 e. The molecule has 0 aliphatic heterocycles. The van der Waals surface area contributed by atoms with Crippen LogP contribution in [0.15, 0.2) is 59.5 Å². The highest BCUT2D eigenvalue weighted by Crippen LogP contribution is 2.12. The van der Waals surface area contributed by atoms with Gasteiger partial charge >= 0.3 is 5.97 Å². The van der Waals surface area contributed by atoms with E-state index in [1.165, 1.54) is 6.20 Å². The number of aromatic nitrogens is 2. The molecule has 0 atom stereocenters. The molecule has 3 aromatic rings. The monoisotopic (exact) mass is 348 g/mol. The molecule has 0 radical (unpaired) electrons. The van der Waals surface area contributed by atoms with Gasteiger partial charge in [0.2, 0.25) is 5.43 Å². The smallest absolute Gasteiger partial charge is 0.343 e. The molecule has 0 fully saturated rings. The lowest BCUT2D eigenvalue weighted by Gasteiger charge is -2.11. The van der Waals surface area contributed by atoms with Crippen LogP contribution in [0.25, 0.3) is 17.1 Å². The lowest BCUT2D eigenvalue weighted by molar-refractivity contribution is 0.0524. The number of nitrogens with zero attached hydrogens (tertiary/aromatic N) is 2. The molecule has 132 valence electrons. The van der Waals surface area contributed by atoms with Crippen LogP contribution in [-0.2, 0) is 11.3 Å². The molecular weight excluding hydrogens is 328 g/mol. The Morgan fingerprint density at radius 3 is 2.69 bits per heavy atom. The van der Waals surface area contributed by atoms with Crippen molar-refractivity contribution in [1.29, 1.82) is 0 Å². The van der Waals surface area contributed by atoms with E-state index in [1.54, 1.807) is 23.6 Å². The van der Waals surface area contributed by atoms with Crippen molar-refractivity contribution < 1.29 is 9.53 Å². The second kappa shape index (κ2) is 7.78. The third-order valence-corrected chi connectivity index (χ3v) is 3.97. The number of allylic oxidation sites excluding steroid dienone is 1. The number of carbonyl (C=O) groups excluding carboxylic acids is 1. The second-order valence-electron chi connectivity index (χ2n) is 5.88. The Kier molecular flexibility index (Phi) is 5.27. The maximum absolute atomic E-state index is 12.6. The number of hydrogen-bond donors (Lipinski definition) is 0. The van der Waals surface area contributed by atoms with Gasteiger partial charge in [-0.15, -0.1) is 0 Å². The number of benzene rings is 1. The molecule has 0 saturated carbocycles. The number of hydrogen-bond acceptors (Lipinski definition) is 4. The number of rotatable bonds is 5. The molecule has 0 unspecified atom stereocenters. The number of pyridine rings is 2. The highest BCUT2D eigenvalue weighted by molar-refractivity contribution is 5.93. The quantitative estimate of drug-likeness (QED) is 0.661. The minimum Gasteiger partial charge on any atom is -0.462 e. The van der Waals surface area contributed by atoms with Crippen molar-refractivity contribution in [3.63, 3.8) is 0 Å². The van der Waals surface area contributed by atoms with Crippen LogP contribution in [0.2, 0.25) is 0 Å². The van der Waals surface area contributed by atoms with Gasteiger partial charge in [0.1, 0.15) is 11.2 Å². The molecule has 5 nitrogen and oxygen atoms in total. The SMILES string of the molecule is CCOC(=O)c1cn(CC=Cc2ccccc2)c2nc(C)ccc2c1=O. The van der Waals surface area contributed by atoms with E-state index >= 15 is 0 Å². The Morgan fingerprint density at radius 1 is 1.19 bits per heavy atom. The summed E-state index contributed by atoms with van der Waals surface area (Å²) in [5.41, 5.74) is 2.11. The van der Waals surface area contributed by atoms with Crippen LogP contribution < -0.4 is 5.43 Å². The molecule has 0 spiro atoms. The summed E-state index contributed by atoms with van der Waals surface area (Å²) >= 11 is 0. The summed E-state index contributed by atoms with van der Waals surface area (Å²) in [4.78, 5) is 29.3. The fourth-order valence-electron chi connectivity index (χ4n) is 2.72. The zero-order chi connectivity index (χ0) is 18.5. The van der Waals surface area contributed by atoms with Crippen molar-refractivity contribution >= 4 is 23.1 Å². The highest BCUT2D eigenvalue weighted by atomic mass is 16.5. The van der Waals surface area contributed by atoms with Crippen LogP contribution in [0, 0.1) is 6.92 Å². The second-order valence-corrected chi connectivity index (χ2v) is 5.88. The van der Waals surface area contributed by atoms with Gasteiger partial charge in [0, 0.05) is 18.4 Å². The standard InChI is InChI=1S/C21H20N2O3/c1-3-26-21(25)18-14-23(13-7-10-16-8-5-4-6-9-16)20-17(19(18)24)12-11-15(2)22-20/h4-12,14H,3,13H2,1-2H3. The fourth-order valence-corrected chi connectivity index (χ4v) is 2.72. The first kappa shape index (κ1) is 17.6. The average molecular weight is 348 g/mol. The van der Waals surface area contributed by atoms with E-state index in [2.05, 4.69) is 4.98 Å². The Morgan fingerprint density at radius 2 is 1.96 bits per heavy atom. The number of esters is 1. The van der Waals surface area contributed by atoms with E-state index in [0.717, 1.165) is 11.3 Å². The van der Waals surface area contributed by atoms with Crippen LogP contribution in [0.5, 0.6) is 0 Å². The van der Waals surface area contributed by atoms with Gasteiger partial charge in [-0.3, -0.25) is 4.79 Å². The summed E-state index contributed by atoms with van der Waals surface area (Å²) in [5, 5.41) is 0.411. The van der Waals surface area contributed by atoms with Crippen molar-refractivity contribution in [2.75, 3.05) is 6.61 Å². The Hall–Kier alpha value is -3.21. The molecule has 5 heteroatoms. The van der Waals surface area contributed by atoms with Crippen molar-refractivity contribution in [3.8, 4) is 0 Å². The summed E-state index contributed by atoms with van der Waals surface area (Å²) in [5.74, 6) is -0.610. The molecule has 26 heavy (non-hydrogen) atoms. The van der Waals surface area contributed by atoms with E-state index in [4.69, 9.17) is 4.74 Å². The molecule has 2 aromatic heterocycles. The van der Waals surface area contributed by atoms with Gasteiger partial charge in [-0.05, 0) is 31.5 Å². The number of aryl methyl sites for hydroxylation is 1. The van der Waals surface area contributed by atoms with Gasteiger partial charge in [-0.25, -0.2) is 9.78 Å². The highest BCUT2D eigenvalue weighted by Gasteiger charge is 2.16. The lowest BCUT2D eigenvalue weighted by atomic mass is 10.1. The zero-order valence-corrected chi connectivity index (χ0v) is 14.8.